The summed E-state index contributed by atoms with van der Waals surface area (Å²) < 4.78 is 1.70. The fourth-order valence-electron chi connectivity index (χ4n) is 2.13. The Morgan fingerprint density at radius 2 is 2.09 bits per heavy atom. The Morgan fingerprint density at radius 1 is 1.23 bits per heavy atom. The summed E-state index contributed by atoms with van der Waals surface area (Å²) in [7, 11) is 0. The summed E-state index contributed by atoms with van der Waals surface area (Å²) in [6, 6.07) is 9.59. The highest BCUT2D eigenvalue weighted by Crippen LogP contribution is 2.26. The summed E-state index contributed by atoms with van der Waals surface area (Å²) in [5.41, 5.74) is 13.7. The van der Waals surface area contributed by atoms with Crippen LogP contribution < -0.4 is 11.5 Å². The summed E-state index contributed by atoms with van der Waals surface area (Å²) in [6.45, 7) is 0.561. The van der Waals surface area contributed by atoms with Crippen molar-refractivity contribution in [3.63, 3.8) is 0 Å². The molecule has 2 heterocycles. The van der Waals surface area contributed by atoms with Gasteiger partial charge in [-0.1, -0.05) is 18.2 Å². The molecule has 0 spiro atoms. The molecule has 8 heteroatoms. The smallest absolute Gasteiger partial charge is 0.222 e. The maximum Gasteiger partial charge on any atom is 0.222 e. The second-order valence-electron chi connectivity index (χ2n) is 4.60. The van der Waals surface area contributed by atoms with Gasteiger partial charge in [0, 0.05) is 5.56 Å². The largest absolute Gasteiger partial charge is 0.382 e. The van der Waals surface area contributed by atoms with Crippen LogP contribution in [0.15, 0.2) is 36.9 Å². The average molecular weight is 292 g/mol. The van der Waals surface area contributed by atoms with Crippen molar-refractivity contribution in [2.75, 3.05) is 11.5 Å². The Bertz CT molecular complexity index is 848. The third-order valence-electron chi connectivity index (χ3n) is 3.08. The van der Waals surface area contributed by atoms with E-state index < -0.39 is 0 Å². The zero-order valence-corrected chi connectivity index (χ0v) is 11.5. The first-order chi connectivity index (χ1) is 10.7. The van der Waals surface area contributed by atoms with E-state index in [1.165, 1.54) is 6.33 Å². The minimum Gasteiger partial charge on any atom is -0.382 e. The second kappa shape index (κ2) is 5.49. The summed E-state index contributed by atoms with van der Waals surface area (Å²) in [6.07, 6.45) is 3.11. The summed E-state index contributed by atoms with van der Waals surface area (Å²) >= 11 is 0. The number of hydrogen-bond donors (Lipinski definition) is 2. The lowest BCUT2D eigenvalue weighted by atomic mass is 10.0. The van der Waals surface area contributed by atoms with Gasteiger partial charge >= 0.3 is 0 Å². The van der Waals surface area contributed by atoms with Gasteiger partial charge in [-0.2, -0.15) is 15.3 Å². The molecule has 0 saturated heterocycles. The average Bonchev–Trinajstić information content (AvgIpc) is 3.00. The first kappa shape index (κ1) is 13.5. The molecule has 3 rings (SSSR count). The lowest BCUT2D eigenvalue weighted by molar-refractivity contribution is 0.685. The highest BCUT2D eigenvalue weighted by molar-refractivity contribution is 5.73. The number of nitrogen functional groups attached to an aromatic ring is 2. The van der Waals surface area contributed by atoms with Crippen LogP contribution in [0.2, 0.25) is 0 Å². The third kappa shape index (κ3) is 2.55. The van der Waals surface area contributed by atoms with E-state index in [2.05, 4.69) is 20.1 Å². The molecule has 2 aromatic heterocycles. The van der Waals surface area contributed by atoms with E-state index in [9.17, 15) is 5.26 Å². The highest BCUT2D eigenvalue weighted by Gasteiger charge is 2.13. The Morgan fingerprint density at radius 3 is 2.82 bits per heavy atom. The molecule has 3 aromatic rings. The van der Waals surface area contributed by atoms with Crippen LogP contribution in [-0.4, -0.2) is 24.7 Å². The van der Waals surface area contributed by atoms with E-state index in [1.807, 2.05) is 30.3 Å². The van der Waals surface area contributed by atoms with Crippen LogP contribution in [-0.2, 0) is 6.54 Å². The Balaban J connectivity index is 2.04. The maximum absolute atomic E-state index is 9.26. The fraction of sp³-hybridized carbons (Fsp3) is 0.0714. The van der Waals surface area contributed by atoms with Gasteiger partial charge in [0.2, 0.25) is 5.95 Å². The van der Waals surface area contributed by atoms with E-state index >= 15 is 0 Å². The van der Waals surface area contributed by atoms with Crippen LogP contribution in [0, 0.1) is 11.3 Å². The van der Waals surface area contributed by atoms with Gasteiger partial charge in [-0.15, -0.1) is 0 Å². The van der Waals surface area contributed by atoms with Gasteiger partial charge < -0.3 is 11.5 Å². The maximum atomic E-state index is 9.26. The van der Waals surface area contributed by atoms with Gasteiger partial charge in [0.05, 0.1) is 12.2 Å². The standard InChI is InChI=1S/C14H12N8/c15-5-11-12(20-14(17)21-13(11)16)10-3-1-2-9(4-10)6-22-8-18-7-19-22/h1-4,7-8H,6H2,(H4,16,17,20,21). The van der Waals surface area contributed by atoms with Crippen molar-refractivity contribution in [1.82, 2.24) is 24.7 Å². The van der Waals surface area contributed by atoms with Crippen molar-refractivity contribution in [3.05, 3.63) is 48.0 Å². The lowest BCUT2D eigenvalue weighted by Gasteiger charge is -2.08. The second-order valence-corrected chi connectivity index (χ2v) is 4.60. The highest BCUT2D eigenvalue weighted by atomic mass is 15.3. The van der Waals surface area contributed by atoms with Crippen molar-refractivity contribution in [3.8, 4) is 17.3 Å². The number of hydrogen-bond acceptors (Lipinski definition) is 7. The molecule has 0 unspecified atom stereocenters. The van der Waals surface area contributed by atoms with E-state index in [0.29, 0.717) is 12.2 Å². The van der Waals surface area contributed by atoms with Crippen molar-refractivity contribution in [1.29, 1.82) is 5.26 Å². The van der Waals surface area contributed by atoms with Crippen LogP contribution in [0.25, 0.3) is 11.3 Å². The third-order valence-corrected chi connectivity index (χ3v) is 3.08. The molecule has 0 amide bonds. The Labute approximate surface area is 126 Å². The van der Waals surface area contributed by atoms with Crippen LogP contribution in [0.3, 0.4) is 0 Å². The van der Waals surface area contributed by atoms with Gasteiger partial charge in [0.15, 0.2) is 0 Å². The summed E-state index contributed by atoms with van der Waals surface area (Å²) in [5.74, 6) is 0.111. The molecule has 0 atom stereocenters. The van der Waals surface area contributed by atoms with E-state index in [-0.39, 0.29) is 17.3 Å². The molecule has 0 radical (unpaired) electrons. The quantitative estimate of drug-likeness (QED) is 0.730. The molecule has 0 aliphatic carbocycles. The van der Waals surface area contributed by atoms with Crippen molar-refractivity contribution >= 4 is 11.8 Å². The molecule has 1 aromatic carbocycles. The molecule has 0 bridgehead atoms. The Kier molecular flexibility index (Phi) is 3.37. The van der Waals surface area contributed by atoms with Crippen LogP contribution >= 0.6 is 0 Å². The van der Waals surface area contributed by atoms with Crippen molar-refractivity contribution in [2.45, 2.75) is 6.54 Å². The number of aromatic nitrogens is 5. The van der Waals surface area contributed by atoms with Crippen molar-refractivity contribution in [2.24, 2.45) is 0 Å². The number of nitrogens with two attached hydrogens (primary N) is 2. The summed E-state index contributed by atoms with van der Waals surface area (Å²) in [4.78, 5) is 11.9. The minimum atomic E-state index is 0.0354. The molecule has 0 saturated carbocycles. The van der Waals surface area contributed by atoms with E-state index in [0.717, 1.165) is 11.1 Å². The number of rotatable bonds is 3. The molecule has 0 aliphatic heterocycles. The van der Waals surface area contributed by atoms with Gasteiger partial charge in [-0.05, 0) is 11.6 Å². The fourth-order valence-corrected chi connectivity index (χ4v) is 2.13. The van der Waals surface area contributed by atoms with Crippen LogP contribution in [0.1, 0.15) is 11.1 Å². The molecule has 8 nitrogen and oxygen atoms in total. The number of benzene rings is 1. The number of nitriles is 1. The Hall–Kier alpha value is -3.47. The molecular formula is C14H12N8. The zero-order chi connectivity index (χ0) is 15.5. The summed E-state index contributed by atoms with van der Waals surface area (Å²) in [5, 5.41) is 13.3. The normalized spacial score (nSPS) is 10.3. The molecule has 108 valence electrons. The van der Waals surface area contributed by atoms with Crippen LogP contribution in [0.5, 0.6) is 0 Å². The topological polar surface area (TPSA) is 132 Å². The van der Waals surface area contributed by atoms with Gasteiger partial charge in [-0.3, -0.25) is 0 Å². The van der Waals surface area contributed by atoms with E-state index in [1.54, 1.807) is 11.0 Å². The molecular weight excluding hydrogens is 280 g/mol. The van der Waals surface area contributed by atoms with Crippen molar-refractivity contribution < 1.29 is 0 Å². The minimum absolute atomic E-state index is 0.0354. The molecule has 0 aliphatic rings. The monoisotopic (exact) mass is 292 g/mol. The van der Waals surface area contributed by atoms with E-state index in [4.69, 9.17) is 11.5 Å². The van der Waals surface area contributed by atoms with Gasteiger partial charge in [-0.25, -0.2) is 14.6 Å². The SMILES string of the molecule is N#Cc1c(N)nc(N)nc1-c1cccc(Cn2cncn2)c1. The predicted octanol–water partition coefficient (Wildman–Crippen LogP) is 0.819. The zero-order valence-electron chi connectivity index (χ0n) is 11.5. The van der Waals surface area contributed by atoms with Crippen LogP contribution in [0.4, 0.5) is 11.8 Å². The predicted molar refractivity (Wildman–Crippen MR) is 80.1 cm³/mol. The number of anilines is 2. The molecule has 0 fully saturated rings. The first-order valence-corrected chi connectivity index (χ1v) is 6.42. The van der Waals surface area contributed by atoms with Gasteiger partial charge in [0.25, 0.3) is 0 Å². The number of nitrogens with zero attached hydrogens (tertiary/aromatic N) is 6. The first-order valence-electron chi connectivity index (χ1n) is 6.42. The lowest BCUT2D eigenvalue weighted by Crippen LogP contribution is -2.05. The molecule has 4 N–H and O–H groups in total. The van der Waals surface area contributed by atoms with Gasteiger partial charge in [0.1, 0.15) is 30.1 Å². The molecule has 22 heavy (non-hydrogen) atoms.